The van der Waals surface area contributed by atoms with E-state index < -0.39 is 66.1 Å². The number of nitrogens with two attached hydrogens (primary N) is 1. The average molecular weight is 613 g/mol. The van der Waals surface area contributed by atoms with Gasteiger partial charge >= 0.3 is 23.5 Å². The number of hydrogen-bond acceptors (Lipinski definition) is 15. The Bertz CT molecular complexity index is 1370. The Morgan fingerprint density at radius 2 is 1.74 bits per heavy atom. The molecule has 214 valence electrons. The van der Waals surface area contributed by atoms with E-state index in [0.29, 0.717) is 0 Å². The zero-order chi connectivity index (χ0) is 28.8. The lowest BCUT2D eigenvalue weighted by Crippen LogP contribution is -2.59. The Morgan fingerprint density at radius 3 is 2.38 bits per heavy atom. The van der Waals surface area contributed by atoms with Crippen molar-refractivity contribution >= 4 is 47.1 Å². The van der Waals surface area contributed by atoms with E-state index in [-0.39, 0.29) is 23.8 Å². The Kier molecular flexibility index (Phi) is 8.24. The molecule has 19 nitrogen and oxygen atoms in total. The van der Waals surface area contributed by atoms with Crippen molar-refractivity contribution in [2.75, 3.05) is 13.3 Å². The summed E-state index contributed by atoms with van der Waals surface area (Å²) in [6, 6.07) is 8.04. The number of ketones is 1. The molecule has 0 aromatic heterocycles. The fraction of sp³-hybridized carbons (Fsp3) is 0.412. The number of aliphatic hydroxyl groups excluding tert-OH is 2. The normalized spacial score (nSPS) is 31.7. The zero-order valence-corrected chi connectivity index (χ0v) is 22.0. The van der Waals surface area contributed by atoms with Crippen molar-refractivity contribution in [1.29, 1.82) is 0 Å². The largest absolute Gasteiger partial charge is 0.490 e. The quantitative estimate of drug-likeness (QED) is 0.116. The van der Waals surface area contributed by atoms with Crippen LogP contribution in [-0.2, 0) is 31.6 Å². The molecule has 0 bridgehead atoms. The van der Waals surface area contributed by atoms with Crippen LogP contribution in [0.4, 0.5) is 0 Å². The van der Waals surface area contributed by atoms with Gasteiger partial charge in [0.2, 0.25) is 11.4 Å². The fourth-order valence-electron chi connectivity index (χ4n) is 3.85. The highest BCUT2D eigenvalue weighted by molar-refractivity contribution is 7.66. The number of ether oxygens (including phenoxy) is 1. The molecule has 22 heteroatoms. The highest BCUT2D eigenvalue weighted by atomic mass is 31.3. The molecule has 3 heterocycles. The van der Waals surface area contributed by atoms with Crippen LogP contribution in [0.3, 0.4) is 0 Å². The van der Waals surface area contributed by atoms with Gasteiger partial charge in [-0.2, -0.15) is 8.62 Å². The van der Waals surface area contributed by atoms with E-state index in [1.54, 1.807) is 18.2 Å². The second-order valence-electron chi connectivity index (χ2n) is 8.21. The summed E-state index contributed by atoms with van der Waals surface area (Å²) in [6.45, 7) is -1.25. The van der Waals surface area contributed by atoms with Gasteiger partial charge in [0.15, 0.2) is 12.1 Å². The van der Waals surface area contributed by atoms with Crippen molar-refractivity contribution in [3.8, 4) is 0 Å². The van der Waals surface area contributed by atoms with Crippen LogP contribution in [0.2, 0.25) is 0 Å². The number of amidine groups is 1. The summed E-state index contributed by atoms with van der Waals surface area (Å²) in [4.78, 5) is 62.7. The van der Waals surface area contributed by atoms with Gasteiger partial charge in [-0.15, -0.1) is 0 Å². The van der Waals surface area contributed by atoms with Crippen molar-refractivity contribution in [2.24, 2.45) is 20.7 Å². The number of benzene rings is 1. The predicted molar refractivity (Wildman–Crippen MR) is 128 cm³/mol. The SMILES string of the molecule is NC1(C(=O)c2ccccc2)N=CN=C2C1=NCN2[C@@H]1O[C@H](COP(=O)(O)OP(=O)(O)OP(=O)(O)O)[C@@H](O)[C@H]1O. The van der Waals surface area contributed by atoms with Crippen LogP contribution in [-0.4, -0.2) is 102 Å². The molecule has 39 heavy (non-hydrogen) atoms. The molecule has 7 atom stereocenters. The van der Waals surface area contributed by atoms with Crippen molar-refractivity contribution in [3.63, 3.8) is 0 Å². The van der Waals surface area contributed by atoms with E-state index in [1.807, 2.05) is 0 Å². The van der Waals surface area contributed by atoms with Crippen molar-refractivity contribution in [2.45, 2.75) is 30.2 Å². The summed E-state index contributed by atoms with van der Waals surface area (Å²) in [6.07, 6.45) is -5.34. The van der Waals surface area contributed by atoms with E-state index in [0.717, 1.165) is 6.34 Å². The van der Waals surface area contributed by atoms with Crippen LogP contribution in [0.25, 0.3) is 0 Å². The molecule has 0 aliphatic carbocycles. The number of hydrogen-bond donors (Lipinski definition) is 7. The zero-order valence-electron chi connectivity index (χ0n) is 19.3. The maximum atomic E-state index is 13.1. The lowest BCUT2D eigenvalue weighted by molar-refractivity contribution is -0.0680. The van der Waals surface area contributed by atoms with E-state index in [1.165, 1.54) is 17.0 Å². The number of aliphatic hydroxyl groups is 2. The second kappa shape index (κ2) is 10.7. The van der Waals surface area contributed by atoms with Crippen molar-refractivity contribution in [3.05, 3.63) is 35.9 Å². The first kappa shape index (κ1) is 29.9. The number of nitrogens with zero attached hydrogens (tertiary/aromatic N) is 4. The number of phosphoric ester groups is 1. The van der Waals surface area contributed by atoms with Crippen LogP contribution in [0.5, 0.6) is 0 Å². The molecule has 8 N–H and O–H groups in total. The highest BCUT2D eigenvalue weighted by Crippen LogP contribution is 2.66. The number of aliphatic imine (C=N–C) groups is 3. The molecule has 1 saturated heterocycles. The molecule has 3 unspecified atom stereocenters. The number of carbonyl (C=O) groups is 1. The number of phosphoric acid groups is 3. The number of fused-ring (bicyclic) bond motifs is 1. The first-order valence-electron chi connectivity index (χ1n) is 10.7. The molecule has 0 saturated carbocycles. The third kappa shape index (κ3) is 6.48. The number of rotatable bonds is 10. The molecule has 4 rings (SSSR count). The number of carbonyl (C=O) groups excluding carboxylic acids is 1. The van der Waals surface area contributed by atoms with Gasteiger partial charge in [-0.05, 0) is 0 Å². The molecular formula is C17H22N5O14P3. The summed E-state index contributed by atoms with van der Waals surface area (Å²) >= 11 is 0. The Hall–Kier alpha value is -2.05. The predicted octanol–water partition coefficient (Wildman–Crippen LogP) is -1.53. The topological polar surface area (TPSA) is 293 Å². The van der Waals surface area contributed by atoms with Gasteiger partial charge in [-0.1, -0.05) is 30.3 Å². The first-order valence-corrected chi connectivity index (χ1v) is 15.2. The summed E-state index contributed by atoms with van der Waals surface area (Å²) in [5.74, 6) is -0.587. The highest BCUT2D eigenvalue weighted by Gasteiger charge is 2.53. The Labute approximate surface area is 218 Å². The standard InChI is InChI=1S/C17H22N5O14P3/c18-17(14(25)9-4-2-1-3-5-9)13-15(19-7-21-17)22(8-20-13)16-12(24)11(23)10(34-16)6-33-38(29,30)36-39(31,32)35-37(26,27)28/h1-5,7,10-12,16,23-24H,6,8,18H2,(H,29,30)(H,31,32)(H2,26,27,28)/t10-,11-,12-,16-,17?/m1/s1. The van der Waals surface area contributed by atoms with Gasteiger partial charge in [0.1, 0.15) is 37.0 Å². The number of Topliss-reactive ketones (excluding diaryl/α,β-unsaturated/α-hetero) is 1. The molecule has 3 aliphatic rings. The van der Waals surface area contributed by atoms with Gasteiger partial charge in [0.05, 0.1) is 6.61 Å². The minimum absolute atomic E-state index is 0.00145. The van der Waals surface area contributed by atoms with Crippen LogP contribution in [0, 0.1) is 0 Å². The van der Waals surface area contributed by atoms with E-state index in [9.17, 15) is 38.5 Å². The lowest BCUT2D eigenvalue weighted by Gasteiger charge is -2.31. The van der Waals surface area contributed by atoms with Gasteiger partial charge in [0.25, 0.3) is 0 Å². The third-order valence-electron chi connectivity index (χ3n) is 5.51. The third-order valence-corrected chi connectivity index (χ3v) is 9.31. The van der Waals surface area contributed by atoms with Crippen molar-refractivity contribution < 1.29 is 66.2 Å². The maximum absolute atomic E-state index is 13.1. The van der Waals surface area contributed by atoms with Crippen molar-refractivity contribution in [1.82, 2.24) is 4.90 Å². The molecule has 3 aliphatic heterocycles. The molecule has 0 amide bonds. The first-order chi connectivity index (χ1) is 18.0. The van der Waals surface area contributed by atoms with Gasteiger partial charge in [0, 0.05) is 5.56 Å². The minimum atomic E-state index is -5.76. The summed E-state index contributed by atoms with van der Waals surface area (Å²) in [7, 11) is -16.9. The summed E-state index contributed by atoms with van der Waals surface area (Å²) < 4.78 is 51.4. The van der Waals surface area contributed by atoms with Crippen LogP contribution in [0.15, 0.2) is 45.3 Å². The molecule has 1 fully saturated rings. The Balaban J connectivity index is 1.43. The second-order valence-corrected chi connectivity index (χ2v) is 12.6. The van der Waals surface area contributed by atoms with Gasteiger partial charge < -0.3 is 39.4 Å². The van der Waals surface area contributed by atoms with Crippen LogP contribution < -0.4 is 5.73 Å². The van der Waals surface area contributed by atoms with E-state index in [2.05, 4.69) is 28.1 Å². The Morgan fingerprint density at radius 1 is 1.08 bits per heavy atom. The minimum Gasteiger partial charge on any atom is -0.387 e. The molecule has 0 spiro atoms. The van der Waals surface area contributed by atoms with E-state index >= 15 is 0 Å². The van der Waals surface area contributed by atoms with Crippen LogP contribution >= 0.6 is 23.5 Å². The summed E-state index contributed by atoms with van der Waals surface area (Å²) in [5, 5.41) is 21.0. The van der Waals surface area contributed by atoms with Crippen LogP contribution in [0.1, 0.15) is 10.4 Å². The smallest absolute Gasteiger partial charge is 0.387 e. The molecule has 0 radical (unpaired) electrons. The van der Waals surface area contributed by atoms with E-state index in [4.69, 9.17) is 20.3 Å². The molecule has 1 aromatic carbocycles. The molecular weight excluding hydrogens is 591 g/mol. The average Bonchev–Trinajstić information content (AvgIpc) is 3.37. The lowest BCUT2D eigenvalue weighted by atomic mass is 9.93. The van der Waals surface area contributed by atoms with Gasteiger partial charge in [-0.3, -0.25) is 20.0 Å². The molecule has 1 aromatic rings. The monoisotopic (exact) mass is 613 g/mol. The maximum Gasteiger partial charge on any atom is 0.490 e. The summed E-state index contributed by atoms with van der Waals surface area (Å²) in [5.41, 5.74) is 4.58. The van der Waals surface area contributed by atoms with Gasteiger partial charge in [-0.25, -0.2) is 23.7 Å². The fourth-order valence-corrected chi connectivity index (χ4v) is 6.88.